The molecule has 0 aliphatic carbocycles. The van der Waals surface area contributed by atoms with Crippen LogP contribution in [0.5, 0.6) is 0 Å². The molecule has 1 aliphatic rings. The molecule has 8 heteroatoms. The number of nitrogens with zero attached hydrogens (tertiary/aromatic N) is 2. The smallest absolute Gasteiger partial charge is 0.338 e. The van der Waals surface area contributed by atoms with Crippen molar-refractivity contribution in [3.63, 3.8) is 0 Å². The third-order valence-electron chi connectivity index (χ3n) is 4.53. The highest BCUT2D eigenvalue weighted by Crippen LogP contribution is 2.21. The predicted molar refractivity (Wildman–Crippen MR) is 95.1 cm³/mol. The molecule has 0 N–H and O–H groups in total. The molecule has 1 amide bonds. The fourth-order valence-electron chi connectivity index (χ4n) is 2.97. The summed E-state index contributed by atoms with van der Waals surface area (Å²) in [6, 6.07) is 7.34. The number of rotatable bonds is 6. The number of carbonyl (C=O) groups is 2. The molecule has 2 atom stereocenters. The van der Waals surface area contributed by atoms with E-state index in [1.807, 2.05) is 19.9 Å². The molecule has 0 unspecified atom stereocenters. The van der Waals surface area contributed by atoms with Crippen molar-refractivity contribution >= 4 is 21.7 Å². The van der Waals surface area contributed by atoms with E-state index in [9.17, 15) is 18.0 Å². The second-order valence-electron chi connectivity index (χ2n) is 6.38. The molecule has 1 heterocycles. The first-order chi connectivity index (χ1) is 12.3. The molecule has 0 spiro atoms. The van der Waals surface area contributed by atoms with Gasteiger partial charge in [-0.05, 0) is 44.0 Å². The summed E-state index contributed by atoms with van der Waals surface area (Å²) < 4.78 is 28.6. The number of hydrogen-bond donors (Lipinski definition) is 0. The van der Waals surface area contributed by atoms with Crippen LogP contribution < -0.4 is 0 Å². The lowest BCUT2D eigenvalue weighted by Gasteiger charge is -2.33. The summed E-state index contributed by atoms with van der Waals surface area (Å²) in [5, 5.41) is 8.76. The lowest BCUT2D eigenvalue weighted by atomic mass is 10.1. The maximum Gasteiger partial charge on any atom is 0.338 e. The Kier molecular flexibility index (Phi) is 6.37. The first kappa shape index (κ1) is 19.9. The lowest BCUT2D eigenvalue weighted by Crippen LogP contribution is -2.48. The number of sulfone groups is 1. The van der Waals surface area contributed by atoms with Crippen LogP contribution in [0.1, 0.15) is 42.6 Å². The van der Waals surface area contributed by atoms with Gasteiger partial charge in [0.2, 0.25) is 0 Å². The van der Waals surface area contributed by atoms with Crippen molar-refractivity contribution in [2.24, 2.45) is 0 Å². The van der Waals surface area contributed by atoms with Crippen LogP contribution in [-0.2, 0) is 19.4 Å². The van der Waals surface area contributed by atoms with Crippen LogP contribution in [0.3, 0.4) is 0 Å². The van der Waals surface area contributed by atoms with Gasteiger partial charge in [-0.3, -0.25) is 4.79 Å². The summed E-state index contributed by atoms with van der Waals surface area (Å²) in [5.41, 5.74) is 0.665. The minimum atomic E-state index is -3.12. The van der Waals surface area contributed by atoms with Crippen molar-refractivity contribution in [1.82, 2.24) is 4.90 Å². The van der Waals surface area contributed by atoms with Crippen molar-refractivity contribution in [1.29, 1.82) is 5.26 Å². The van der Waals surface area contributed by atoms with Crippen LogP contribution in [-0.4, -0.2) is 55.4 Å². The monoisotopic (exact) mass is 378 g/mol. The van der Waals surface area contributed by atoms with E-state index in [4.69, 9.17) is 10.00 Å². The van der Waals surface area contributed by atoms with Gasteiger partial charge in [0.05, 0.1) is 28.7 Å². The fourth-order valence-corrected chi connectivity index (χ4v) is 4.68. The zero-order chi connectivity index (χ0) is 19.3. The van der Waals surface area contributed by atoms with Crippen LogP contribution in [0, 0.1) is 11.3 Å². The van der Waals surface area contributed by atoms with E-state index in [0.29, 0.717) is 18.4 Å². The average molecular weight is 378 g/mol. The topological polar surface area (TPSA) is 105 Å². The van der Waals surface area contributed by atoms with E-state index in [1.165, 1.54) is 29.2 Å². The number of amides is 1. The van der Waals surface area contributed by atoms with Crippen molar-refractivity contribution in [3.8, 4) is 6.07 Å². The third-order valence-corrected chi connectivity index (χ3v) is 6.28. The lowest BCUT2D eigenvalue weighted by molar-refractivity contribution is -0.138. The van der Waals surface area contributed by atoms with Crippen molar-refractivity contribution in [3.05, 3.63) is 35.4 Å². The number of carbonyl (C=O) groups excluding carboxylic acids is 2. The number of benzene rings is 1. The Hall–Kier alpha value is -2.40. The molecule has 2 rings (SSSR count). The molecule has 1 aromatic rings. The van der Waals surface area contributed by atoms with Crippen LogP contribution >= 0.6 is 0 Å². The molecule has 0 radical (unpaired) electrons. The maximum atomic E-state index is 12.6. The van der Waals surface area contributed by atoms with Gasteiger partial charge in [-0.1, -0.05) is 6.92 Å². The van der Waals surface area contributed by atoms with Crippen molar-refractivity contribution < 1.29 is 22.7 Å². The van der Waals surface area contributed by atoms with Gasteiger partial charge in [0.25, 0.3) is 5.91 Å². The van der Waals surface area contributed by atoms with Gasteiger partial charge in [-0.2, -0.15) is 5.26 Å². The summed E-state index contributed by atoms with van der Waals surface area (Å²) in [6.45, 7) is 3.32. The average Bonchev–Trinajstić information content (AvgIpc) is 2.99. The number of nitriles is 1. The number of esters is 1. The van der Waals surface area contributed by atoms with Crippen LogP contribution in [0.15, 0.2) is 24.3 Å². The molecule has 0 saturated carbocycles. The fraction of sp³-hybridized carbons (Fsp3) is 0.500. The van der Waals surface area contributed by atoms with E-state index in [-0.39, 0.29) is 29.2 Å². The first-order valence-electron chi connectivity index (χ1n) is 8.46. The van der Waals surface area contributed by atoms with Gasteiger partial charge in [0.1, 0.15) is 0 Å². The highest BCUT2D eigenvalue weighted by atomic mass is 32.2. The third kappa shape index (κ3) is 4.82. The summed E-state index contributed by atoms with van der Waals surface area (Å²) in [5.74, 6) is -1.04. The quantitative estimate of drug-likeness (QED) is 0.695. The SMILES string of the molecule is CC[C@H](C)N(C(=O)COC(=O)c1ccc(C#N)cc1)[C@H]1CCS(=O)(=O)C1. The second kappa shape index (κ2) is 8.32. The molecule has 1 aromatic carbocycles. The first-order valence-corrected chi connectivity index (χ1v) is 10.3. The molecular weight excluding hydrogens is 356 g/mol. The van der Waals surface area contributed by atoms with Gasteiger partial charge in [-0.25, -0.2) is 13.2 Å². The van der Waals surface area contributed by atoms with E-state index in [2.05, 4.69) is 0 Å². The van der Waals surface area contributed by atoms with Crippen LogP contribution in [0.4, 0.5) is 0 Å². The van der Waals surface area contributed by atoms with Crippen molar-refractivity contribution in [2.75, 3.05) is 18.1 Å². The summed E-state index contributed by atoms with van der Waals surface area (Å²) in [7, 11) is -3.12. The van der Waals surface area contributed by atoms with E-state index in [1.54, 1.807) is 0 Å². The van der Waals surface area contributed by atoms with Gasteiger partial charge in [0.15, 0.2) is 16.4 Å². The Balaban J connectivity index is 2.02. The Morgan fingerprint density at radius 3 is 2.50 bits per heavy atom. The summed E-state index contributed by atoms with van der Waals surface area (Å²) in [6.07, 6.45) is 1.08. The molecular formula is C18H22N2O5S. The predicted octanol–water partition coefficient (Wildman–Crippen LogP) is 1.53. The Bertz CT molecular complexity index is 811. The minimum Gasteiger partial charge on any atom is -0.452 e. The normalized spacial score (nSPS) is 19.3. The zero-order valence-electron chi connectivity index (χ0n) is 14.8. The van der Waals surface area contributed by atoms with E-state index >= 15 is 0 Å². The zero-order valence-corrected chi connectivity index (χ0v) is 15.7. The molecule has 1 aliphatic heterocycles. The van der Waals surface area contributed by atoms with Crippen molar-refractivity contribution in [2.45, 2.75) is 38.8 Å². The largest absolute Gasteiger partial charge is 0.452 e. The van der Waals surface area contributed by atoms with Gasteiger partial charge >= 0.3 is 5.97 Å². The maximum absolute atomic E-state index is 12.6. The van der Waals surface area contributed by atoms with Gasteiger partial charge in [0, 0.05) is 12.1 Å². The van der Waals surface area contributed by atoms with Gasteiger partial charge < -0.3 is 9.64 Å². The molecule has 0 bridgehead atoms. The molecule has 7 nitrogen and oxygen atoms in total. The molecule has 140 valence electrons. The van der Waals surface area contributed by atoms with E-state index in [0.717, 1.165) is 0 Å². The summed E-state index contributed by atoms with van der Waals surface area (Å²) >= 11 is 0. The Morgan fingerprint density at radius 2 is 2.00 bits per heavy atom. The number of ether oxygens (including phenoxy) is 1. The minimum absolute atomic E-state index is 0.0490. The molecule has 1 saturated heterocycles. The second-order valence-corrected chi connectivity index (χ2v) is 8.61. The highest BCUT2D eigenvalue weighted by molar-refractivity contribution is 7.91. The Labute approximate surface area is 153 Å². The van der Waals surface area contributed by atoms with Crippen LogP contribution in [0.2, 0.25) is 0 Å². The van der Waals surface area contributed by atoms with Gasteiger partial charge in [-0.15, -0.1) is 0 Å². The molecule has 0 aromatic heterocycles. The molecule has 1 fully saturated rings. The summed E-state index contributed by atoms with van der Waals surface area (Å²) in [4.78, 5) is 26.2. The van der Waals surface area contributed by atoms with E-state index < -0.39 is 28.3 Å². The number of hydrogen-bond acceptors (Lipinski definition) is 6. The standard InChI is InChI=1S/C18H22N2O5S/c1-3-13(2)20(16-8-9-26(23,24)12-16)17(21)11-25-18(22)15-6-4-14(10-19)5-7-15/h4-7,13,16H,3,8-9,11-12H2,1-2H3/t13-,16-/m0/s1. The Morgan fingerprint density at radius 1 is 1.35 bits per heavy atom. The highest BCUT2D eigenvalue weighted by Gasteiger charge is 2.36. The van der Waals surface area contributed by atoms with Crippen LogP contribution in [0.25, 0.3) is 0 Å². The molecule has 26 heavy (non-hydrogen) atoms.